The number of carbonyl (C=O) groups excluding carboxylic acids is 1. The van der Waals surface area contributed by atoms with Crippen LogP contribution in [0, 0.1) is 6.92 Å². The number of phenolic OH excluding ortho intramolecular Hbond substituents is 1. The first-order valence-electron chi connectivity index (χ1n) is 6.31. The van der Waals surface area contributed by atoms with Gasteiger partial charge in [-0.15, -0.1) is 0 Å². The first-order chi connectivity index (χ1) is 9.58. The summed E-state index contributed by atoms with van der Waals surface area (Å²) >= 11 is 0. The third-order valence-electron chi connectivity index (χ3n) is 2.95. The molecule has 0 atom stereocenters. The predicted molar refractivity (Wildman–Crippen MR) is 78.2 cm³/mol. The molecule has 4 heteroatoms. The molecule has 1 amide bonds. The van der Waals surface area contributed by atoms with Crippen LogP contribution in [-0.2, 0) is 11.2 Å². The highest BCUT2D eigenvalue weighted by atomic mass is 16.5. The Labute approximate surface area is 118 Å². The van der Waals surface area contributed by atoms with E-state index in [2.05, 4.69) is 5.32 Å². The van der Waals surface area contributed by atoms with E-state index in [4.69, 9.17) is 4.74 Å². The van der Waals surface area contributed by atoms with E-state index in [1.165, 1.54) is 0 Å². The van der Waals surface area contributed by atoms with Crippen molar-refractivity contribution in [1.29, 1.82) is 0 Å². The lowest BCUT2D eigenvalue weighted by Crippen LogP contribution is -2.14. The van der Waals surface area contributed by atoms with Gasteiger partial charge in [0, 0.05) is 5.69 Å². The fraction of sp³-hybridized carbons (Fsp3) is 0.188. The Morgan fingerprint density at radius 1 is 1.25 bits per heavy atom. The van der Waals surface area contributed by atoms with Crippen molar-refractivity contribution in [2.75, 3.05) is 12.4 Å². The highest BCUT2D eigenvalue weighted by Crippen LogP contribution is 2.21. The molecule has 0 aliphatic carbocycles. The number of nitrogens with one attached hydrogen (secondary N) is 1. The number of hydrogen-bond donors (Lipinski definition) is 2. The van der Waals surface area contributed by atoms with Crippen molar-refractivity contribution >= 4 is 11.6 Å². The topological polar surface area (TPSA) is 58.6 Å². The van der Waals surface area contributed by atoms with Crippen LogP contribution in [-0.4, -0.2) is 18.1 Å². The van der Waals surface area contributed by atoms with E-state index in [1.807, 2.05) is 19.1 Å². The van der Waals surface area contributed by atoms with E-state index < -0.39 is 0 Å². The first-order valence-corrected chi connectivity index (χ1v) is 6.31. The quantitative estimate of drug-likeness (QED) is 0.899. The van der Waals surface area contributed by atoms with Crippen LogP contribution in [0.3, 0.4) is 0 Å². The lowest BCUT2D eigenvalue weighted by atomic mass is 10.1. The van der Waals surface area contributed by atoms with Crippen molar-refractivity contribution in [1.82, 2.24) is 0 Å². The van der Waals surface area contributed by atoms with Gasteiger partial charge in [0.1, 0.15) is 11.5 Å². The second-order valence-corrected chi connectivity index (χ2v) is 4.58. The van der Waals surface area contributed by atoms with E-state index >= 15 is 0 Å². The number of aryl methyl sites for hydroxylation is 1. The lowest BCUT2D eigenvalue weighted by molar-refractivity contribution is -0.115. The molecule has 0 aromatic heterocycles. The van der Waals surface area contributed by atoms with Gasteiger partial charge in [0.15, 0.2) is 0 Å². The fourth-order valence-electron chi connectivity index (χ4n) is 2.01. The minimum absolute atomic E-state index is 0.125. The van der Waals surface area contributed by atoms with Crippen LogP contribution in [0.1, 0.15) is 11.1 Å². The first kappa shape index (κ1) is 13.9. The summed E-state index contributed by atoms with van der Waals surface area (Å²) in [4.78, 5) is 11.9. The SMILES string of the molecule is COc1ccc(NC(=O)Cc2cccc(O)c2)cc1C. The zero-order chi connectivity index (χ0) is 14.5. The maximum absolute atomic E-state index is 11.9. The Kier molecular flexibility index (Phi) is 4.25. The van der Waals surface area contributed by atoms with Crippen LogP contribution in [0.5, 0.6) is 11.5 Å². The molecule has 0 heterocycles. The minimum Gasteiger partial charge on any atom is -0.508 e. The van der Waals surface area contributed by atoms with Crippen molar-refractivity contribution < 1.29 is 14.6 Å². The normalized spacial score (nSPS) is 10.1. The van der Waals surface area contributed by atoms with E-state index in [0.717, 1.165) is 22.6 Å². The van der Waals surface area contributed by atoms with Crippen LogP contribution >= 0.6 is 0 Å². The second-order valence-electron chi connectivity index (χ2n) is 4.58. The van der Waals surface area contributed by atoms with E-state index in [-0.39, 0.29) is 18.1 Å². The molecule has 0 fully saturated rings. The third-order valence-corrected chi connectivity index (χ3v) is 2.95. The van der Waals surface area contributed by atoms with Crippen LogP contribution in [0.2, 0.25) is 0 Å². The summed E-state index contributed by atoms with van der Waals surface area (Å²) in [5, 5.41) is 12.2. The highest BCUT2D eigenvalue weighted by Gasteiger charge is 2.06. The van der Waals surface area contributed by atoms with Gasteiger partial charge < -0.3 is 15.2 Å². The molecule has 104 valence electrons. The highest BCUT2D eigenvalue weighted by molar-refractivity contribution is 5.92. The molecule has 0 radical (unpaired) electrons. The number of rotatable bonds is 4. The zero-order valence-corrected chi connectivity index (χ0v) is 11.5. The average molecular weight is 271 g/mol. The molecule has 2 N–H and O–H groups in total. The summed E-state index contributed by atoms with van der Waals surface area (Å²) < 4.78 is 5.17. The average Bonchev–Trinajstić information content (AvgIpc) is 2.38. The van der Waals surface area contributed by atoms with Crippen molar-refractivity contribution in [3.8, 4) is 11.5 Å². The monoisotopic (exact) mass is 271 g/mol. The molecular weight excluding hydrogens is 254 g/mol. The van der Waals surface area contributed by atoms with E-state index in [1.54, 1.807) is 37.4 Å². The summed E-state index contributed by atoms with van der Waals surface area (Å²) in [6.07, 6.45) is 0.222. The summed E-state index contributed by atoms with van der Waals surface area (Å²) in [5.74, 6) is 0.826. The number of methoxy groups -OCH3 is 1. The van der Waals surface area contributed by atoms with Crippen molar-refractivity contribution in [3.63, 3.8) is 0 Å². The molecule has 2 aromatic carbocycles. The summed E-state index contributed by atoms with van der Waals surface area (Å²) in [5.41, 5.74) is 2.46. The van der Waals surface area contributed by atoms with Gasteiger partial charge in [0.05, 0.1) is 13.5 Å². The van der Waals surface area contributed by atoms with Crippen LogP contribution < -0.4 is 10.1 Å². The molecule has 0 aliphatic rings. The number of ether oxygens (including phenoxy) is 1. The summed E-state index contributed by atoms with van der Waals surface area (Å²) in [6, 6.07) is 12.2. The Hall–Kier alpha value is -2.49. The molecule has 4 nitrogen and oxygen atoms in total. The number of carbonyl (C=O) groups is 1. The largest absolute Gasteiger partial charge is 0.508 e. The van der Waals surface area contributed by atoms with Gasteiger partial charge in [-0.05, 0) is 48.4 Å². The predicted octanol–water partition coefficient (Wildman–Crippen LogP) is 2.89. The number of aromatic hydroxyl groups is 1. The molecule has 0 saturated heterocycles. The standard InChI is InChI=1S/C16H17NO3/c1-11-8-13(6-7-15(11)20-2)17-16(19)10-12-4-3-5-14(18)9-12/h3-9,18H,10H2,1-2H3,(H,17,19). The fourth-order valence-corrected chi connectivity index (χ4v) is 2.01. The van der Waals surface area contributed by atoms with Gasteiger partial charge in [0.2, 0.25) is 5.91 Å². The van der Waals surface area contributed by atoms with Crippen molar-refractivity contribution in [2.45, 2.75) is 13.3 Å². The van der Waals surface area contributed by atoms with Gasteiger partial charge in [0.25, 0.3) is 0 Å². The molecule has 0 unspecified atom stereocenters. The maximum atomic E-state index is 11.9. The minimum atomic E-state index is -0.125. The second kappa shape index (κ2) is 6.10. The Bertz CT molecular complexity index is 623. The number of anilines is 1. The van der Waals surface area contributed by atoms with Gasteiger partial charge in [-0.25, -0.2) is 0 Å². The van der Waals surface area contributed by atoms with Gasteiger partial charge >= 0.3 is 0 Å². The molecule has 0 bridgehead atoms. The van der Waals surface area contributed by atoms with E-state index in [9.17, 15) is 9.90 Å². The Morgan fingerprint density at radius 3 is 2.70 bits per heavy atom. The molecule has 20 heavy (non-hydrogen) atoms. The van der Waals surface area contributed by atoms with Gasteiger partial charge in [-0.1, -0.05) is 12.1 Å². The van der Waals surface area contributed by atoms with Gasteiger partial charge in [-0.2, -0.15) is 0 Å². The Morgan fingerprint density at radius 2 is 2.05 bits per heavy atom. The zero-order valence-electron chi connectivity index (χ0n) is 11.5. The maximum Gasteiger partial charge on any atom is 0.228 e. The van der Waals surface area contributed by atoms with Crippen molar-refractivity contribution in [3.05, 3.63) is 53.6 Å². The van der Waals surface area contributed by atoms with Crippen LogP contribution in [0.4, 0.5) is 5.69 Å². The number of hydrogen-bond acceptors (Lipinski definition) is 3. The van der Waals surface area contributed by atoms with Crippen LogP contribution in [0.25, 0.3) is 0 Å². The molecule has 2 rings (SSSR count). The molecule has 0 aliphatic heterocycles. The van der Waals surface area contributed by atoms with Gasteiger partial charge in [-0.3, -0.25) is 4.79 Å². The molecule has 2 aromatic rings. The third kappa shape index (κ3) is 3.51. The summed E-state index contributed by atoms with van der Waals surface area (Å²) in [6.45, 7) is 1.92. The number of amides is 1. The number of benzene rings is 2. The Balaban J connectivity index is 2.03. The molecule has 0 saturated carbocycles. The van der Waals surface area contributed by atoms with Crippen molar-refractivity contribution in [2.24, 2.45) is 0 Å². The van der Waals surface area contributed by atoms with Crippen LogP contribution in [0.15, 0.2) is 42.5 Å². The smallest absolute Gasteiger partial charge is 0.228 e. The lowest BCUT2D eigenvalue weighted by Gasteiger charge is -2.09. The summed E-state index contributed by atoms with van der Waals surface area (Å²) in [7, 11) is 1.61. The molecular formula is C16H17NO3. The van der Waals surface area contributed by atoms with E-state index in [0.29, 0.717) is 0 Å². The number of phenols is 1. The molecule has 0 spiro atoms.